The van der Waals surface area contributed by atoms with E-state index in [1.807, 2.05) is 12.1 Å². The summed E-state index contributed by atoms with van der Waals surface area (Å²) in [6.07, 6.45) is 1.77. The number of benzene rings is 1. The average molecular weight is 263 g/mol. The Morgan fingerprint density at radius 3 is 2.67 bits per heavy atom. The Morgan fingerprint density at radius 2 is 2.00 bits per heavy atom. The molecule has 1 heterocycles. The van der Waals surface area contributed by atoms with Crippen molar-refractivity contribution >= 4 is 23.5 Å². The van der Waals surface area contributed by atoms with E-state index in [2.05, 4.69) is 34.5 Å². The van der Waals surface area contributed by atoms with Crippen molar-refractivity contribution in [1.82, 2.24) is 10.3 Å². The monoisotopic (exact) mass is 263 g/mol. The summed E-state index contributed by atoms with van der Waals surface area (Å²) in [5.41, 5.74) is 5.18. The molecule has 0 atom stereocenters. The van der Waals surface area contributed by atoms with Crippen LogP contribution in [0.5, 0.6) is 0 Å². The van der Waals surface area contributed by atoms with Gasteiger partial charge in [0.25, 0.3) is 0 Å². The van der Waals surface area contributed by atoms with Crippen molar-refractivity contribution in [3.8, 4) is 0 Å². The molecule has 1 aromatic carbocycles. The van der Waals surface area contributed by atoms with Crippen LogP contribution in [0.3, 0.4) is 0 Å². The molecular formula is C13H17N3OS. The summed E-state index contributed by atoms with van der Waals surface area (Å²) in [5.74, 6) is 0. The molecule has 1 saturated heterocycles. The molecule has 0 radical (unpaired) electrons. The molecule has 1 aliphatic heterocycles. The highest BCUT2D eigenvalue weighted by atomic mass is 32.1. The van der Waals surface area contributed by atoms with Crippen LogP contribution in [0.4, 0.5) is 0 Å². The van der Waals surface area contributed by atoms with Gasteiger partial charge in [-0.2, -0.15) is 5.10 Å². The van der Waals surface area contributed by atoms with E-state index < -0.39 is 0 Å². The highest BCUT2D eigenvalue weighted by molar-refractivity contribution is 7.80. The maximum Gasteiger partial charge on any atom is 0.189 e. The smallest absolute Gasteiger partial charge is 0.189 e. The lowest BCUT2D eigenvalue weighted by Gasteiger charge is -2.28. The van der Waals surface area contributed by atoms with E-state index in [0.717, 1.165) is 31.9 Å². The Labute approximate surface area is 113 Å². The number of aryl methyl sites for hydroxylation is 1. The van der Waals surface area contributed by atoms with Gasteiger partial charge in [-0.25, -0.2) is 0 Å². The molecule has 1 aromatic rings. The number of nitrogens with zero attached hydrogens (tertiary/aromatic N) is 2. The van der Waals surface area contributed by atoms with E-state index in [1.165, 1.54) is 5.56 Å². The molecule has 0 unspecified atom stereocenters. The van der Waals surface area contributed by atoms with Gasteiger partial charge in [-0.15, -0.1) is 0 Å². The lowest BCUT2D eigenvalue weighted by atomic mass is 10.2. The number of thiocarbonyl (C=S) groups is 1. The number of rotatable bonds is 2. The van der Waals surface area contributed by atoms with Crippen LogP contribution in [-0.2, 0) is 4.74 Å². The van der Waals surface area contributed by atoms with Crippen molar-refractivity contribution in [1.29, 1.82) is 0 Å². The molecule has 0 aromatic heterocycles. The molecule has 0 aliphatic carbocycles. The summed E-state index contributed by atoms with van der Waals surface area (Å²) in [5, 5.41) is 4.80. The average Bonchev–Trinajstić information content (AvgIpc) is 2.42. The Bertz CT molecular complexity index is 424. The minimum Gasteiger partial charge on any atom is -0.378 e. The van der Waals surface area contributed by atoms with Crippen LogP contribution < -0.4 is 5.43 Å². The highest BCUT2D eigenvalue weighted by Gasteiger charge is 2.12. The summed E-state index contributed by atoms with van der Waals surface area (Å²) in [6, 6.07) is 8.17. The first kappa shape index (κ1) is 13.0. The molecule has 5 heteroatoms. The third-order valence-electron chi connectivity index (χ3n) is 2.75. The van der Waals surface area contributed by atoms with Crippen LogP contribution in [0.25, 0.3) is 0 Å². The molecule has 0 amide bonds. The maximum atomic E-state index is 5.27. The SMILES string of the molecule is Cc1ccc(/C=N\NC(=S)N2CCOCC2)cc1. The minimum atomic E-state index is 0.654. The largest absolute Gasteiger partial charge is 0.378 e. The number of hydrazone groups is 1. The highest BCUT2D eigenvalue weighted by Crippen LogP contribution is 2.00. The molecule has 0 saturated carbocycles. The number of nitrogens with one attached hydrogen (secondary N) is 1. The molecule has 96 valence electrons. The molecule has 0 bridgehead atoms. The fourth-order valence-electron chi connectivity index (χ4n) is 1.65. The zero-order valence-electron chi connectivity index (χ0n) is 10.4. The van der Waals surface area contributed by atoms with Crippen LogP contribution in [0.2, 0.25) is 0 Å². The zero-order valence-corrected chi connectivity index (χ0v) is 11.2. The summed E-state index contributed by atoms with van der Waals surface area (Å²) < 4.78 is 5.27. The first-order chi connectivity index (χ1) is 8.75. The second-order valence-corrected chi connectivity index (χ2v) is 4.57. The standard InChI is InChI=1S/C13H17N3OS/c1-11-2-4-12(5-3-11)10-14-15-13(18)16-6-8-17-9-7-16/h2-5,10H,6-9H2,1H3,(H,15,18)/b14-10-. The van der Waals surface area contributed by atoms with Crippen LogP contribution >= 0.6 is 12.2 Å². The lowest BCUT2D eigenvalue weighted by molar-refractivity contribution is 0.0677. The lowest BCUT2D eigenvalue weighted by Crippen LogP contribution is -2.44. The van der Waals surface area contributed by atoms with Gasteiger partial charge in [-0.05, 0) is 24.7 Å². The second kappa shape index (κ2) is 6.47. The summed E-state index contributed by atoms with van der Waals surface area (Å²) in [7, 11) is 0. The van der Waals surface area contributed by atoms with Gasteiger partial charge in [0.2, 0.25) is 0 Å². The van der Waals surface area contributed by atoms with Gasteiger partial charge >= 0.3 is 0 Å². The topological polar surface area (TPSA) is 36.9 Å². The zero-order chi connectivity index (χ0) is 12.8. The first-order valence-electron chi connectivity index (χ1n) is 5.98. The predicted molar refractivity (Wildman–Crippen MR) is 76.9 cm³/mol. The van der Waals surface area contributed by atoms with Crippen molar-refractivity contribution in [3.63, 3.8) is 0 Å². The van der Waals surface area contributed by atoms with Crippen molar-refractivity contribution < 1.29 is 4.74 Å². The van der Waals surface area contributed by atoms with Crippen molar-refractivity contribution in [2.75, 3.05) is 26.3 Å². The first-order valence-corrected chi connectivity index (χ1v) is 6.39. The fraction of sp³-hybridized carbons (Fsp3) is 0.385. The third-order valence-corrected chi connectivity index (χ3v) is 3.10. The molecule has 1 fully saturated rings. The summed E-state index contributed by atoms with van der Waals surface area (Å²) >= 11 is 5.26. The van der Waals surface area contributed by atoms with Crippen molar-refractivity contribution in [2.24, 2.45) is 5.10 Å². The number of ether oxygens (including phenoxy) is 1. The quantitative estimate of drug-likeness (QED) is 0.499. The third kappa shape index (κ3) is 3.78. The van der Waals surface area contributed by atoms with Gasteiger partial charge in [0.1, 0.15) is 0 Å². The summed E-state index contributed by atoms with van der Waals surface area (Å²) in [6.45, 7) is 5.16. The maximum absolute atomic E-state index is 5.27. The van der Waals surface area contributed by atoms with Gasteiger partial charge in [-0.1, -0.05) is 29.8 Å². The Kier molecular flexibility index (Phi) is 4.66. The van der Waals surface area contributed by atoms with E-state index in [9.17, 15) is 0 Å². The van der Waals surface area contributed by atoms with Crippen LogP contribution in [-0.4, -0.2) is 42.5 Å². The van der Waals surface area contributed by atoms with Gasteiger partial charge in [-0.3, -0.25) is 5.43 Å². The van der Waals surface area contributed by atoms with E-state index in [-0.39, 0.29) is 0 Å². The van der Waals surface area contributed by atoms with Crippen LogP contribution in [0.15, 0.2) is 29.4 Å². The molecule has 2 rings (SSSR count). The molecular weight excluding hydrogens is 246 g/mol. The van der Waals surface area contributed by atoms with Crippen molar-refractivity contribution in [2.45, 2.75) is 6.92 Å². The second-order valence-electron chi connectivity index (χ2n) is 4.19. The van der Waals surface area contributed by atoms with Gasteiger partial charge in [0.15, 0.2) is 5.11 Å². The Balaban J connectivity index is 1.83. The Hall–Kier alpha value is -1.46. The molecule has 18 heavy (non-hydrogen) atoms. The van der Waals surface area contributed by atoms with E-state index >= 15 is 0 Å². The number of hydrogen-bond acceptors (Lipinski definition) is 3. The van der Waals surface area contributed by atoms with Crippen LogP contribution in [0.1, 0.15) is 11.1 Å². The van der Waals surface area contributed by atoms with Gasteiger partial charge in [0.05, 0.1) is 19.4 Å². The van der Waals surface area contributed by atoms with Crippen LogP contribution in [0, 0.1) is 6.92 Å². The van der Waals surface area contributed by atoms with E-state index in [1.54, 1.807) is 6.21 Å². The summed E-state index contributed by atoms with van der Waals surface area (Å²) in [4.78, 5) is 2.06. The molecule has 1 N–H and O–H groups in total. The number of morpholine rings is 1. The van der Waals surface area contributed by atoms with E-state index in [4.69, 9.17) is 17.0 Å². The minimum absolute atomic E-state index is 0.654. The molecule has 0 spiro atoms. The molecule has 1 aliphatic rings. The predicted octanol–water partition coefficient (Wildman–Crippen LogP) is 1.54. The normalized spacial score (nSPS) is 15.9. The molecule has 4 nitrogen and oxygen atoms in total. The number of hydrogen-bond donors (Lipinski definition) is 1. The van der Waals surface area contributed by atoms with Gasteiger partial charge in [0, 0.05) is 13.1 Å². The van der Waals surface area contributed by atoms with Gasteiger partial charge < -0.3 is 9.64 Å². The Morgan fingerprint density at radius 1 is 1.33 bits per heavy atom. The van der Waals surface area contributed by atoms with E-state index in [0.29, 0.717) is 5.11 Å². The van der Waals surface area contributed by atoms with Crippen molar-refractivity contribution in [3.05, 3.63) is 35.4 Å². The fourth-order valence-corrected chi connectivity index (χ4v) is 1.89.